The predicted octanol–water partition coefficient (Wildman–Crippen LogP) is 4.35. The maximum absolute atomic E-state index is 14.1. The van der Waals surface area contributed by atoms with Crippen LogP contribution in [0.1, 0.15) is 31.4 Å². The van der Waals surface area contributed by atoms with Crippen molar-refractivity contribution in [2.75, 3.05) is 19.4 Å². The minimum Gasteiger partial charge on any atom is -0.507 e. The van der Waals surface area contributed by atoms with Gasteiger partial charge in [-0.3, -0.25) is 24.5 Å². The van der Waals surface area contributed by atoms with Gasteiger partial charge in [-0.2, -0.15) is 0 Å². The Kier molecular flexibility index (Phi) is 7.22. The van der Waals surface area contributed by atoms with Crippen molar-refractivity contribution in [3.63, 3.8) is 0 Å². The number of aliphatic hydroxyl groups is 2. The largest absolute Gasteiger partial charge is 0.507 e. The molecule has 12 nitrogen and oxygen atoms in total. The molecule has 0 unspecified atom stereocenters. The molecule has 45 heavy (non-hydrogen) atoms. The summed E-state index contributed by atoms with van der Waals surface area (Å²) in [5, 5.41) is 50.9. The minimum atomic E-state index is -2.55. The molecular weight excluding hydrogens is 600 g/mol. The number of fused-ring (bicyclic) bond motifs is 3. The number of aromatic nitrogens is 1. The van der Waals surface area contributed by atoms with Crippen LogP contribution < -0.4 is 5.32 Å². The van der Waals surface area contributed by atoms with E-state index in [0.717, 1.165) is 0 Å². The number of nitrogens with one attached hydrogen (secondary N) is 1. The number of carbonyl (C=O) groups is 3. The molecule has 1 aromatic heterocycles. The first-order valence-corrected chi connectivity index (χ1v) is 15.1. The monoisotopic (exact) mass is 630 g/mol. The first-order valence-electron chi connectivity index (χ1n) is 14.2. The smallest absolute Gasteiger partial charge is 0.270 e. The van der Waals surface area contributed by atoms with Crippen LogP contribution >= 0.6 is 11.3 Å². The van der Waals surface area contributed by atoms with Crippen LogP contribution in [-0.4, -0.2) is 73.2 Å². The molecule has 2 aromatic carbocycles. The van der Waals surface area contributed by atoms with Gasteiger partial charge in [0.25, 0.3) is 5.69 Å². The Morgan fingerprint density at radius 2 is 1.91 bits per heavy atom. The average Bonchev–Trinajstić information content (AvgIpc) is 3.45. The molecule has 1 saturated carbocycles. The third kappa shape index (κ3) is 4.57. The number of phenols is 1. The second-order valence-electron chi connectivity index (χ2n) is 11.9. The number of nitrogens with zero attached hydrogens (tertiary/aromatic N) is 3. The second kappa shape index (κ2) is 10.7. The molecule has 0 spiro atoms. The number of anilines is 2. The molecule has 0 radical (unpaired) electrons. The van der Waals surface area contributed by atoms with Crippen molar-refractivity contribution in [3.05, 3.63) is 79.7 Å². The Labute approximate surface area is 261 Å². The Morgan fingerprint density at radius 1 is 1.18 bits per heavy atom. The van der Waals surface area contributed by atoms with Crippen molar-refractivity contribution in [3.8, 4) is 17.0 Å². The van der Waals surface area contributed by atoms with E-state index in [1.807, 2.05) is 0 Å². The van der Waals surface area contributed by atoms with Crippen molar-refractivity contribution in [1.29, 1.82) is 0 Å². The molecule has 6 rings (SSSR count). The molecule has 1 fully saturated rings. The Morgan fingerprint density at radius 3 is 2.58 bits per heavy atom. The van der Waals surface area contributed by atoms with E-state index in [2.05, 4.69) is 10.3 Å². The van der Waals surface area contributed by atoms with Crippen LogP contribution in [0.2, 0.25) is 0 Å². The zero-order valence-corrected chi connectivity index (χ0v) is 25.6. The third-order valence-corrected chi connectivity index (χ3v) is 9.86. The van der Waals surface area contributed by atoms with Crippen LogP contribution in [0.4, 0.5) is 16.5 Å². The number of aromatic hydroxyl groups is 1. The second-order valence-corrected chi connectivity index (χ2v) is 12.8. The summed E-state index contributed by atoms with van der Waals surface area (Å²) < 4.78 is 0. The number of benzene rings is 2. The van der Waals surface area contributed by atoms with Gasteiger partial charge in [-0.25, -0.2) is 4.98 Å². The number of hydrogen-bond acceptors (Lipinski definition) is 12. The lowest BCUT2D eigenvalue weighted by Gasteiger charge is -2.51. The van der Waals surface area contributed by atoms with Crippen molar-refractivity contribution in [1.82, 2.24) is 9.88 Å². The molecule has 1 heterocycles. The van der Waals surface area contributed by atoms with E-state index >= 15 is 0 Å². The van der Waals surface area contributed by atoms with E-state index in [9.17, 15) is 39.8 Å². The van der Waals surface area contributed by atoms with Gasteiger partial charge in [-0.05, 0) is 70.0 Å². The van der Waals surface area contributed by atoms with E-state index in [1.54, 1.807) is 49.5 Å². The SMILES string of the molecule is CC(=O)C1=C(C)[C@@H](N(C)C)[C@@H]2C[C@@H]3Cc4c(Nc5nc(-c6cccc([N+](=O)[O-])c6)cs5)ccc(O)c4C(O)=C3C(=O)[C@]2(O)C1=O. The lowest BCUT2D eigenvalue weighted by molar-refractivity contribution is -0.384. The molecule has 3 aromatic rings. The number of rotatable bonds is 6. The fourth-order valence-corrected chi connectivity index (χ4v) is 7.97. The Bertz CT molecular complexity index is 1890. The van der Waals surface area contributed by atoms with Gasteiger partial charge in [0.1, 0.15) is 11.5 Å². The van der Waals surface area contributed by atoms with E-state index in [4.69, 9.17) is 0 Å². The minimum absolute atomic E-state index is 0.00282. The van der Waals surface area contributed by atoms with Gasteiger partial charge in [-0.15, -0.1) is 11.3 Å². The van der Waals surface area contributed by atoms with Crippen molar-refractivity contribution in [2.24, 2.45) is 11.8 Å². The summed E-state index contributed by atoms with van der Waals surface area (Å²) in [7, 11) is 3.50. The number of Topliss-reactive ketones (excluding diaryl/α,β-unsaturated/α-hetero) is 3. The van der Waals surface area contributed by atoms with Crippen LogP contribution in [0.25, 0.3) is 17.0 Å². The molecule has 13 heteroatoms. The maximum Gasteiger partial charge on any atom is 0.270 e. The quantitative estimate of drug-likeness (QED) is 0.0999. The summed E-state index contributed by atoms with van der Waals surface area (Å²) in [5.74, 6) is -4.79. The topological polar surface area (TPSA) is 183 Å². The van der Waals surface area contributed by atoms with Gasteiger partial charge >= 0.3 is 0 Å². The molecule has 232 valence electrons. The van der Waals surface area contributed by atoms with E-state index in [0.29, 0.717) is 33.2 Å². The molecule has 3 aliphatic carbocycles. The molecular formula is C32H30N4O8S. The molecule has 4 N–H and O–H groups in total. The fraction of sp³-hybridized carbons (Fsp3) is 0.312. The predicted molar refractivity (Wildman–Crippen MR) is 166 cm³/mol. The first-order chi connectivity index (χ1) is 21.2. The average molecular weight is 631 g/mol. The normalized spacial score (nSPS) is 24.4. The molecule has 0 aliphatic heterocycles. The molecule has 0 saturated heterocycles. The number of aliphatic hydroxyl groups excluding tert-OH is 1. The summed E-state index contributed by atoms with van der Waals surface area (Å²) >= 11 is 1.26. The molecule has 4 atom stereocenters. The summed E-state index contributed by atoms with van der Waals surface area (Å²) in [6.07, 6.45) is 0.352. The number of thiazole rings is 1. The summed E-state index contributed by atoms with van der Waals surface area (Å²) in [6, 6.07) is 8.51. The van der Waals surface area contributed by atoms with Crippen LogP contribution in [0.5, 0.6) is 5.75 Å². The molecule has 0 amide bonds. The van der Waals surface area contributed by atoms with Crippen molar-refractivity contribution < 1.29 is 34.6 Å². The van der Waals surface area contributed by atoms with Gasteiger partial charge < -0.3 is 25.5 Å². The van der Waals surface area contributed by atoms with Crippen LogP contribution in [0.15, 0.2) is 58.5 Å². The summed E-state index contributed by atoms with van der Waals surface area (Å²) in [5.41, 5.74) is -0.370. The first kappa shape index (κ1) is 30.3. The maximum atomic E-state index is 14.1. The summed E-state index contributed by atoms with van der Waals surface area (Å²) in [6.45, 7) is 2.89. The van der Waals surface area contributed by atoms with Crippen LogP contribution in [0.3, 0.4) is 0 Å². The highest BCUT2D eigenvalue weighted by molar-refractivity contribution is 7.14. The van der Waals surface area contributed by atoms with Crippen LogP contribution in [0, 0.1) is 22.0 Å². The van der Waals surface area contributed by atoms with Gasteiger partial charge in [0, 0.05) is 46.3 Å². The standard InChI is InChI=1S/C32H30N4O8S/c1-14-24(15(2)37)29(40)32(42)20(27(14)35(3)4)12-17-11-19-21(8-9-23(38)26(19)28(39)25(17)30(32)41)33-31-34-22(13-45-31)16-6-5-7-18(10-16)36(43)44/h5-10,13,17,20,27,38-39,42H,11-12H2,1-4H3,(H,33,34)/t17-,20-,27+,32+/m0/s1. The van der Waals surface area contributed by atoms with Crippen molar-refractivity contribution >= 4 is 51.0 Å². The third-order valence-electron chi connectivity index (χ3n) is 9.11. The number of nitro benzene ring substituents is 1. The zero-order chi connectivity index (χ0) is 32.5. The van der Waals surface area contributed by atoms with E-state index in [1.165, 1.54) is 36.5 Å². The number of nitro groups is 1. The zero-order valence-electron chi connectivity index (χ0n) is 24.8. The van der Waals surface area contributed by atoms with E-state index < -0.39 is 51.5 Å². The summed E-state index contributed by atoms with van der Waals surface area (Å²) in [4.78, 5) is 57.4. The van der Waals surface area contributed by atoms with Gasteiger partial charge in [0.05, 0.1) is 21.8 Å². The van der Waals surface area contributed by atoms with Gasteiger partial charge in [-0.1, -0.05) is 12.1 Å². The Hall–Kier alpha value is -4.72. The van der Waals surface area contributed by atoms with E-state index in [-0.39, 0.29) is 41.0 Å². The number of non-ortho nitro benzene ring substituents is 1. The highest BCUT2D eigenvalue weighted by Crippen LogP contribution is 2.53. The molecule has 3 aliphatic rings. The fourth-order valence-electron chi connectivity index (χ4n) is 7.24. The Balaban J connectivity index is 1.40. The highest BCUT2D eigenvalue weighted by Gasteiger charge is 2.63. The number of hydrogen-bond donors (Lipinski definition) is 4. The van der Waals surface area contributed by atoms with Crippen molar-refractivity contribution in [2.45, 2.75) is 38.3 Å². The number of likely N-dealkylation sites (N-methyl/N-ethyl adjacent to an activating group) is 1. The number of carbonyl (C=O) groups excluding carboxylic acids is 3. The highest BCUT2D eigenvalue weighted by atomic mass is 32.1. The lowest BCUT2D eigenvalue weighted by Crippen LogP contribution is -2.66. The van der Waals surface area contributed by atoms with Gasteiger partial charge in [0.15, 0.2) is 16.5 Å². The van der Waals surface area contributed by atoms with Gasteiger partial charge in [0.2, 0.25) is 11.6 Å². The van der Waals surface area contributed by atoms with Crippen LogP contribution in [-0.2, 0) is 20.8 Å². The molecule has 0 bridgehead atoms. The number of phenolic OH excluding ortho intramolecular Hbond substituents is 1. The number of ketones is 3. The lowest BCUT2D eigenvalue weighted by atomic mass is 9.56.